The van der Waals surface area contributed by atoms with Crippen LogP contribution in [-0.2, 0) is 0 Å². The molecule has 4 heteroatoms. The molecular formula is C11H8N2O2. The van der Waals surface area contributed by atoms with E-state index in [1.807, 2.05) is 6.07 Å². The molecule has 1 aromatic heterocycles. The number of rotatable bonds is 2. The van der Waals surface area contributed by atoms with E-state index in [2.05, 4.69) is 5.10 Å². The highest BCUT2D eigenvalue weighted by molar-refractivity contribution is 5.95. The van der Waals surface area contributed by atoms with Crippen molar-refractivity contribution in [2.75, 3.05) is 0 Å². The highest BCUT2D eigenvalue weighted by atomic mass is 16.2. The van der Waals surface area contributed by atoms with Crippen LogP contribution in [0.3, 0.4) is 0 Å². The molecule has 0 aliphatic carbocycles. The van der Waals surface area contributed by atoms with Crippen molar-refractivity contribution in [3.05, 3.63) is 53.9 Å². The summed E-state index contributed by atoms with van der Waals surface area (Å²) in [5, 5.41) is 3.80. The van der Waals surface area contributed by atoms with Gasteiger partial charge in [-0.25, -0.2) is 4.68 Å². The van der Waals surface area contributed by atoms with Crippen LogP contribution in [0.2, 0.25) is 0 Å². The number of carbonyl (C=O) groups excluding carboxylic acids is 2. The summed E-state index contributed by atoms with van der Waals surface area (Å²) in [5.74, 6) is -0.247. The van der Waals surface area contributed by atoms with Crippen molar-refractivity contribution >= 4 is 12.2 Å². The van der Waals surface area contributed by atoms with E-state index in [0.29, 0.717) is 17.4 Å². The second-order valence-corrected chi connectivity index (χ2v) is 3.01. The van der Waals surface area contributed by atoms with Gasteiger partial charge >= 0.3 is 0 Å². The fourth-order valence-electron chi connectivity index (χ4n) is 1.22. The molecule has 0 radical (unpaired) electrons. The third kappa shape index (κ3) is 1.83. The zero-order valence-corrected chi connectivity index (χ0v) is 7.83. The summed E-state index contributed by atoms with van der Waals surface area (Å²) in [7, 11) is 0. The molecule has 0 spiro atoms. The lowest BCUT2D eigenvalue weighted by Crippen LogP contribution is -2.11. The van der Waals surface area contributed by atoms with E-state index in [4.69, 9.17) is 0 Å². The van der Waals surface area contributed by atoms with E-state index in [-0.39, 0.29) is 5.91 Å². The molecule has 0 saturated carbocycles. The fraction of sp³-hybridized carbons (Fsp3) is 0. The number of benzene rings is 1. The van der Waals surface area contributed by atoms with E-state index >= 15 is 0 Å². The Hall–Kier alpha value is -2.23. The third-order valence-electron chi connectivity index (χ3n) is 1.97. The number of carbonyl (C=O) groups is 2. The van der Waals surface area contributed by atoms with Crippen LogP contribution >= 0.6 is 0 Å². The maximum atomic E-state index is 11.8. The maximum absolute atomic E-state index is 11.8. The third-order valence-corrected chi connectivity index (χ3v) is 1.97. The minimum absolute atomic E-state index is 0.247. The van der Waals surface area contributed by atoms with Crippen molar-refractivity contribution in [1.29, 1.82) is 0 Å². The summed E-state index contributed by atoms with van der Waals surface area (Å²) in [5.41, 5.74) is 0.928. The van der Waals surface area contributed by atoms with Gasteiger partial charge in [0.2, 0.25) is 0 Å². The summed E-state index contributed by atoms with van der Waals surface area (Å²) in [6, 6.07) is 8.78. The molecule has 4 nitrogen and oxygen atoms in total. The van der Waals surface area contributed by atoms with Gasteiger partial charge in [-0.05, 0) is 12.1 Å². The van der Waals surface area contributed by atoms with Crippen LogP contribution in [0.5, 0.6) is 0 Å². The fourth-order valence-corrected chi connectivity index (χ4v) is 1.22. The highest BCUT2D eigenvalue weighted by Crippen LogP contribution is 2.02. The molecule has 0 fully saturated rings. The van der Waals surface area contributed by atoms with Crippen molar-refractivity contribution in [2.45, 2.75) is 0 Å². The van der Waals surface area contributed by atoms with Gasteiger partial charge in [-0.1, -0.05) is 18.2 Å². The standard InChI is InChI=1S/C11H8N2O2/c14-8-9-6-12-13(7-9)11(15)10-4-2-1-3-5-10/h1-8H. The molecule has 0 N–H and O–H groups in total. The normalized spacial score (nSPS) is 9.87. The highest BCUT2D eigenvalue weighted by Gasteiger charge is 2.08. The topological polar surface area (TPSA) is 52.0 Å². The summed E-state index contributed by atoms with van der Waals surface area (Å²) in [6.45, 7) is 0. The van der Waals surface area contributed by atoms with E-state index in [1.54, 1.807) is 24.3 Å². The Balaban J connectivity index is 2.32. The molecule has 1 heterocycles. The summed E-state index contributed by atoms with van der Waals surface area (Å²) >= 11 is 0. The second-order valence-electron chi connectivity index (χ2n) is 3.01. The van der Waals surface area contributed by atoms with Crippen molar-refractivity contribution in [3.63, 3.8) is 0 Å². The smallest absolute Gasteiger partial charge is 0.278 e. The molecule has 0 aliphatic heterocycles. The van der Waals surface area contributed by atoms with Gasteiger partial charge in [0.05, 0.1) is 11.8 Å². The largest absolute Gasteiger partial charge is 0.298 e. The van der Waals surface area contributed by atoms with Crippen molar-refractivity contribution < 1.29 is 9.59 Å². The SMILES string of the molecule is O=Cc1cnn(C(=O)c2ccccc2)c1. The summed E-state index contributed by atoms with van der Waals surface area (Å²) in [6.07, 6.45) is 3.41. The van der Waals surface area contributed by atoms with Gasteiger partial charge in [0, 0.05) is 11.8 Å². The van der Waals surface area contributed by atoms with Crippen LogP contribution in [0.25, 0.3) is 0 Å². The first-order valence-electron chi connectivity index (χ1n) is 4.41. The molecule has 0 aliphatic rings. The molecular weight excluding hydrogens is 192 g/mol. The minimum Gasteiger partial charge on any atom is -0.298 e. The Morgan fingerprint density at radius 2 is 2.00 bits per heavy atom. The van der Waals surface area contributed by atoms with Crippen LogP contribution in [0.15, 0.2) is 42.7 Å². The van der Waals surface area contributed by atoms with Crippen molar-refractivity contribution in [2.24, 2.45) is 0 Å². The summed E-state index contributed by atoms with van der Waals surface area (Å²) in [4.78, 5) is 22.2. The van der Waals surface area contributed by atoms with Crippen LogP contribution in [0.1, 0.15) is 20.7 Å². The van der Waals surface area contributed by atoms with Crippen molar-refractivity contribution in [1.82, 2.24) is 9.78 Å². The van der Waals surface area contributed by atoms with Gasteiger partial charge in [-0.15, -0.1) is 0 Å². The predicted molar refractivity (Wildman–Crippen MR) is 53.8 cm³/mol. The minimum atomic E-state index is -0.247. The second kappa shape index (κ2) is 3.88. The van der Waals surface area contributed by atoms with E-state index in [0.717, 1.165) is 4.68 Å². The number of hydrogen-bond donors (Lipinski definition) is 0. The van der Waals surface area contributed by atoms with E-state index < -0.39 is 0 Å². The van der Waals surface area contributed by atoms with Crippen LogP contribution in [-0.4, -0.2) is 22.0 Å². The zero-order valence-electron chi connectivity index (χ0n) is 7.83. The van der Waals surface area contributed by atoms with Crippen LogP contribution in [0, 0.1) is 0 Å². The molecule has 1 aromatic carbocycles. The Kier molecular flexibility index (Phi) is 2.41. The van der Waals surface area contributed by atoms with Crippen LogP contribution < -0.4 is 0 Å². The average molecular weight is 200 g/mol. The lowest BCUT2D eigenvalue weighted by atomic mass is 10.2. The molecule has 0 saturated heterocycles. The first-order chi connectivity index (χ1) is 7.31. The maximum Gasteiger partial charge on any atom is 0.278 e. The Morgan fingerprint density at radius 1 is 1.27 bits per heavy atom. The first kappa shape index (κ1) is 9.33. The molecule has 15 heavy (non-hydrogen) atoms. The van der Waals surface area contributed by atoms with Gasteiger partial charge in [-0.3, -0.25) is 9.59 Å². The monoisotopic (exact) mass is 200 g/mol. The van der Waals surface area contributed by atoms with Crippen molar-refractivity contribution in [3.8, 4) is 0 Å². The van der Waals surface area contributed by atoms with Gasteiger partial charge in [-0.2, -0.15) is 5.10 Å². The number of nitrogens with zero attached hydrogens (tertiary/aromatic N) is 2. The molecule has 2 rings (SSSR count). The number of hydrogen-bond acceptors (Lipinski definition) is 3. The molecule has 0 bridgehead atoms. The zero-order chi connectivity index (χ0) is 10.7. The first-order valence-corrected chi connectivity index (χ1v) is 4.41. The molecule has 0 amide bonds. The summed E-state index contributed by atoms with van der Waals surface area (Å²) < 4.78 is 1.15. The number of aromatic nitrogens is 2. The Morgan fingerprint density at radius 3 is 2.60 bits per heavy atom. The molecule has 0 atom stereocenters. The quantitative estimate of drug-likeness (QED) is 0.688. The Bertz CT molecular complexity index is 488. The van der Waals surface area contributed by atoms with E-state index in [1.165, 1.54) is 12.4 Å². The van der Waals surface area contributed by atoms with Crippen LogP contribution in [0.4, 0.5) is 0 Å². The molecule has 0 unspecified atom stereocenters. The van der Waals surface area contributed by atoms with Gasteiger partial charge in [0.25, 0.3) is 5.91 Å². The van der Waals surface area contributed by atoms with Gasteiger partial charge in [0.1, 0.15) is 0 Å². The molecule has 2 aromatic rings. The number of aldehydes is 1. The Labute approximate surface area is 86.1 Å². The van der Waals surface area contributed by atoms with E-state index in [9.17, 15) is 9.59 Å². The molecule has 74 valence electrons. The van der Waals surface area contributed by atoms with Gasteiger partial charge < -0.3 is 0 Å². The lowest BCUT2D eigenvalue weighted by molar-refractivity contribution is 0.0945. The average Bonchev–Trinajstić information content (AvgIpc) is 2.78. The van der Waals surface area contributed by atoms with Gasteiger partial charge in [0.15, 0.2) is 6.29 Å². The predicted octanol–water partition coefficient (Wildman–Crippen LogP) is 1.38. The lowest BCUT2D eigenvalue weighted by Gasteiger charge is -1.98.